The van der Waals surface area contributed by atoms with E-state index in [-0.39, 0.29) is 23.4 Å². The molecule has 2 unspecified atom stereocenters. The van der Waals surface area contributed by atoms with Gasteiger partial charge in [0.1, 0.15) is 5.75 Å². The highest BCUT2D eigenvalue weighted by atomic mass is 16.5. The summed E-state index contributed by atoms with van der Waals surface area (Å²) in [5.74, 6) is 1.02. The lowest BCUT2D eigenvalue weighted by Crippen LogP contribution is -2.50. The van der Waals surface area contributed by atoms with Crippen LogP contribution < -0.4 is 15.6 Å². The lowest BCUT2D eigenvalue weighted by Gasteiger charge is -2.42. The molecule has 5 rings (SSSR count). The predicted octanol–water partition coefficient (Wildman–Crippen LogP) is 4.24. The minimum absolute atomic E-state index is 0.0651. The fourth-order valence-corrected chi connectivity index (χ4v) is 5.52. The van der Waals surface area contributed by atoms with E-state index in [2.05, 4.69) is 22.3 Å². The molecule has 3 aromatic rings. The van der Waals surface area contributed by atoms with Gasteiger partial charge in [-0.15, -0.1) is 0 Å². The van der Waals surface area contributed by atoms with Crippen molar-refractivity contribution < 1.29 is 9.53 Å². The molecule has 0 spiro atoms. The van der Waals surface area contributed by atoms with E-state index in [4.69, 9.17) is 4.74 Å². The van der Waals surface area contributed by atoms with Crippen LogP contribution in [0, 0.1) is 5.92 Å². The zero-order valence-corrected chi connectivity index (χ0v) is 20.5. The van der Waals surface area contributed by atoms with E-state index < -0.39 is 0 Å². The van der Waals surface area contributed by atoms with Crippen molar-refractivity contribution in [3.8, 4) is 16.9 Å². The van der Waals surface area contributed by atoms with Crippen LogP contribution in [-0.4, -0.2) is 54.7 Å². The van der Waals surface area contributed by atoms with E-state index in [0.29, 0.717) is 31.1 Å². The summed E-state index contributed by atoms with van der Waals surface area (Å²) in [6, 6.07) is 19.5. The van der Waals surface area contributed by atoms with E-state index in [1.165, 1.54) is 0 Å². The highest BCUT2D eigenvalue weighted by Gasteiger charge is 2.37. The number of aromatic nitrogens is 1. The number of urea groups is 1. The van der Waals surface area contributed by atoms with Gasteiger partial charge in [-0.05, 0) is 61.8 Å². The zero-order valence-electron chi connectivity index (χ0n) is 20.5. The first-order valence-electron chi connectivity index (χ1n) is 12.1. The Bertz CT molecular complexity index is 1300. The van der Waals surface area contributed by atoms with Gasteiger partial charge in [0.2, 0.25) is 0 Å². The van der Waals surface area contributed by atoms with Crippen LogP contribution in [0.2, 0.25) is 0 Å². The molecule has 2 amide bonds. The number of hydrogen-bond donors (Lipinski definition) is 1. The van der Waals surface area contributed by atoms with Crippen molar-refractivity contribution in [2.24, 2.45) is 5.92 Å². The summed E-state index contributed by atoms with van der Waals surface area (Å²) < 4.78 is 7.33. The largest absolute Gasteiger partial charge is 0.495 e. The third kappa shape index (κ3) is 4.56. The zero-order chi connectivity index (χ0) is 24.5. The van der Waals surface area contributed by atoms with Gasteiger partial charge >= 0.3 is 6.03 Å². The second kappa shape index (κ2) is 9.58. The van der Waals surface area contributed by atoms with Crippen molar-refractivity contribution >= 4 is 11.7 Å². The molecule has 35 heavy (non-hydrogen) atoms. The van der Waals surface area contributed by atoms with Crippen molar-refractivity contribution in [3.05, 3.63) is 82.3 Å². The molecule has 2 atom stereocenters. The monoisotopic (exact) mass is 472 g/mol. The number of para-hydroxylation sites is 2. The maximum atomic E-state index is 13.7. The number of ether oxygens (including phenoxy) is 1. The molecule has 0 radical (unpaired) electrons. The van der Waals surface area contributed by atoms with Gasteiger partial charge in [0.25, 0.3) is 5.56 Å². The Morgan fingerprint density at radius 2 is 1.77 bits per heavy atom. The van der Waals surface area contributed by atoms with Gasteiger partial charge in [-0.2, -0.15) is 0 Å². The van der Waals surface area contributed by atoms with E-state index in [1.807, 2.05) is 72.1 Å². The number of carbonyl (C=O) groups excluding carboxylic acids is 1. The van der Waals surface area contributed by atoms with E-state index >= 15 is 0 Å². The van der Waals surface area contributed by atoms with Crippen LogP contribution in [0.4, 0.5) is 10.5 Å². The molecule has 2 aliphatic heterocycles. The number of carbonyl (C=O) groups is 1. The Balaban J connectivity index is 1.40. The van der Waals surface area contributed by atoms with Gasteiger partial charge in [-0.25, -0.2) is 4.79 Å². The molecule has 2 aliphatic rings. The van der Waals surface area contributed by atoms with Gasteiger partial charge in [0.15, 0.2) is 0 Å². The van der Waals surface area contributed by atoms with Crippen molar-refractivity contribution in [1.29, 1.82) is 0 Å². The van der Waals surface area contributed by atoms with Crippen LogP contribution >= 0.6 is 0 Å². The molecule has 1 saturated heterocycles. The Morgan fingerprint density at radius 3 is 2.57 bits per heavy atom. The van der Waals surface area contributed by atoms with Crippen LogP contribution in [0.15, 0.2) is 65.5 Å². The SMILES string of the molecule is COc1ccccc1NC(=O)N1CC2CC(C1)c1ccc(-c3ccccc3CN(C)C)c(=O)n1C2. The maximum Gasteiger partial charge on any atom is 0.321 e. The number of nitrogens with zero attached hydrogens (tertiary/aromatic N) is 3. The standard InChI is InChI=1S/C28H32N4O3/c1-30(2)17-20-8-4-5-9-22(20)23-12-13-25-21-14-19(16-32(25)27(23)33)15-31(18-21)28(34)29-24-10-6-7-11-26(24)35-3/h4-13,19,21H,14-18H2,1-3H3,(H,29,34). The van der Waals surface area contributed by atoms with Gasteiger partial charge in [0, 0.05) is 43.4 Å². The molecular formula is C28H32N4O3. The number of anilines is 1. The van der Waals surface area contributed by atoms with Gasteiger partial charge in [0.05, 0.1) is 12.8 Å². The third-order valence-electron chi connectivity index (χ3n) is 7.03. The summed E-state index contributed by atoms with van der Waals surface area (Å²) in [5.41, 5.74) is 4.64. The number of nitrogens with one attached hydrogen (secondary N) is 1. The summed E-state index contributed by atoms with van der Waals surface area (Å²) in [7, 11) is 5.67. The first-order chi connectivity index (χ1) is 16.9. The number of rotatable bonds is 5. The summed E-state index contributed by atoms with van der Waals surface area (Å²) in [6.45, 7) is 2.63. The second-order valence-electron chi connectivity index (χ2n) is 9.82. The van der Waals surface area contributed by atoms with Crippen LogP contribution in [0.1, 0.15) is 23.6 Å². The lowest BCUT2D eigenvalue weighted by atomic mass is 9.83. The average Bonchev–Trinajstić information content (AvgIpc) is 2.85. The normalized spacial score (nSPS) is 18.8. The van der Waals surface area contributed by atoms with Crippen molar-refractivity contribution in [2.45, 2.75) is 25.4 Å². The van der Waals surface area contributed by atoms with Crippen LogP contribution in [0.3, 0.4) is 0 Å². The lowest BCUT2D eigenvalue weighted by molar-refractivity contribution is 0.139. The highest BCUT2D eigenvalue weighted by Crippen LogP contribution is 2.36. The molecule has 1 N–H and O–H groups in total. The smallest absolute Gasteiger partial charge is 0.321 e. The van der Waals surface area contributed by atoms with Crippen molar-refractivity contribution in [2.75, 3.05) is 39.6 Å². The van der Waals surface area contributed by atoms with E-state index in [9.17, 15) is 9.59 Å². The molecule has 182 valence electrons. The number of pyridine rings is 1. The Morgan fingerprint density at radius 1 is 1.00 bits per heavy atom. The molecule has 2 bridgehead atoms. The third-order valence-corrected chi connectivity index (χ3v) is 7.03. The second-order valence-corrected chi connectivity index (χ2v) is 9.82. The van der Waals surface area contributed by atoms with Gasteiger partial charge < -0.3 is 24.4 Å². The Kier molecular flexibility index (Phi) is 6.34. The molecule has 1 aromatic heterocycles. The summed E-state index contributed by atoms with van der Waals surface area (Å²) >= 11 is 0. The Hall–Kier alpha value is -3.58. The van der Waals surface area contributed by atoms with E-state index in [0.717, 1.165) is 35.3 Å². The maximum absolute atomic E-state index is 13.7. The van der Waals surface area contributed by atoms with Crippen LogP contribution in [0.5, 0.6) is 5.75 Å². The number of fused-ring (bicyclic) bond motifs is 4. The molecule has 7 nitrogen and oxygen atoms in total. The molecule has 2 aromatic carbocycles. The quantitative estimate of drug-likeness (QED) is 0.603. The molecule has 0 aliphatic carbocycles. The number of amides is 2. The van der Waals surface area contributed by atoms with Crippen molar-refractivity contribution in [1.82, 2.24) is 14.4 Å². The minimum Gasteiger partial charge on any atom is -0.495 e. The number of likely N-dealkylation sites (tertiary alicyclic amines) is 1. The highest BCUT2D eigenvalue weighted by molar-refractivity contribution is 5.91. The van der Waals surface area contributed by atoms with Crippen LogP contribution in [0.25, 0.3) is 11.1 Å². The summed E-state index contributed by atoms with van der Waals surface area (Å²) in [4.78, 5) is 30.7. The topological polar surface area (TPSA) is 66.8 Å². The van der Waals surface area contributed by atoms with Crippen molar-refractivity contribution in [3.63, 3.8) is 0 Å². The first-order valence-corrected chi connectivity index (χ1v) is 12.1. The fraction of sp³-hybridized carbons (Fsp3) is 0.357. The number of piperidine rings is 1. The summed E-state index contributed by atoms with van der Waals surface area (Å²) in [5, 5.41) is 3.00. The van der Waals surface area contributed by atoms with Gasteiger partial charge in [-0.3, -0.25) is 4.79 Å². The number of benzene rings is 2. The molecule has 1 fully saturated rings. The van der Waals surface area contributed by atoms with Gasteiger partial charge in [-0.1, -0.05) is 36.4 Å². The average molecular weight is 473 g/mol. The minimum atomic E-state index is -0.130. The number of hydrogen-bond acceptors (Lipinski definition) is 4. The van der Waals surface area contributed by atoms with E-state index in [1.54, 1.807) is 7.11 Å². The molecule has 3 heterocycles. The Labute approximate surface area is 205 Å². The first kappa shape index (κ1) is 23.2. The fourth-order valence-electron chi connectivity index (χ4n) is 5.52. The van der Waals surface area contributed by atoms with Crippen LogP contribution in [-0.2, 0) is 13.1 Å². The summed E-state index contributed by atoms with van der Waals surface area (Å²) in [6.07, 6.45) is 0.994. The predicted molar refractivity (Wildman–Crippen MR) is 138 cm³/mol. The molecule has 0 saturated carbocycles. The molecular weight excluding hydrogens is 440 g/mol. The number of methoxy groups -OCH3 is 1. The molecule has 7 heteroatoms.